The number of nitrogens with zero attached hydrogens (tertiary/aromatic N) is 1. The van der Waals surface area contributed by atoms with Gasteiger partial charge in [0.05, 0.1) is 5.69 Å². The molecular weight excluding hydrogens is 230 g/mol. The fourth-order valence-electron chi connectivity index (χ4n) is 2.05. The van der Waals surface area contributed by atoms with Crippen LogP contribution in [0.15, 0.2) is 18.2 Å². The molecule has 5 heteroatoms. The van der Waals surface area contributed by atoms with Crippen LogP contribution in [0.1, 0.15) is 5.56 Å². The first-order chi connectivity index (χ1) is 8.76. The van der Waals surface area contributed by atoms with Gasteiger partial charge in [-0.3, -0.25) is 4.79 Å². The van der Waals surface area contributed by atoms with Crippen molar-refractivity contribution in [2.45, 2.75) is 6.42 Å². The molecule has 3 N–H and O–H groups in total. The van der Waals surface area contributed by atoms with E-state index >= 15 is 0 Å². The fourth-order valence-corrected chi connectivity index (χ4v) is 2.05. The summed E-state index contributed by atoms with van der Waals surface area (Å²) in [4.78, 5) is 13.5. The molecule has 1 aliphatic rings. The van der Waals surface area contributed by atoms with Crippen LogP contribution >= 0.6 is 0 Å². The molecule has 0 bridgehead atoms. The summed E-state index contributed by atoms with van der Waals surface area (Å²) in [5, 5.41) is 3.11. The van der Waals surface area contributed by atoms with E-state index in [9.17, 15) is 4.79 Å². The van der Waals surface area contributed by atoms with Crippen molar-refractivity contribution in [3.63, 3.8) is 0 Å². The third-order valence-electron chi connectivity index (χ3n) is 2.98. The Balaban J connectivity index is 2.26. The van der Waals surface area contributed by atoms with Crippen molar-refractivity contribution in [1.82, 2.24) is 5.32 Å². The van der Waals surface area contributed by atoms with Crippen molar-refractivity contribution in [2.75, 3.05) is 38.2 Å². The van der Waals surface area contributed by atoms with Gasteiger partial charge in [-0.15, -0.1) is 0 Å². The maximum atomic E-state index is 11.8. The van der Waals surface area contributed by atoms with Gasteiger partial charge in [0, 0.05) is 13.1 Å². The van der Waals surface area contributed by atoms with Gasteiger partial charge >= 0.3 is 0 Å². The van der Waals surface area contributed by atoms with E-state index in [2.05, 4.69) is 5.32 Å². The minimum Gasteiger partial charge on any atom is -0.482 e. The summed E-state index contributed by atoms with van der Waals surface area (Å²) in [7, 11) is 1.92. The van der Waals surface area contributed by atoms with Crippen molar-refractivity contribution < 1.29 is 9.53 Å². The summed E-state index contributed by atoms with van der Waals surface area (Å²) in [5.74, 6) is 0.731. The third-order valence-corrected chi connectivity index (χ3v) is 2.98. The molecule has 0 radical (unpaired) electrons. The topological polar surface area (TPSA) is 67.6 Å². The Morgan fingerprint density at radius 1 is 1.50 bits per heavy atom. The molecule has 0 aromatic heterocycles. The Morgan fingerprint density at radius 2 is 2.33 bits per heavy atom. The van der Waals surface area contributed by atoms with Gasteiger partial charge in [-0.1, -0.05) is 6.07 Å². The van der Waals surface area contributed by atoms with E-state index in [-0.39, 0.29) is 12.5 Å². The normalized spacial score (nSPS) is 14.3. The number of nitrogens with one attached hydrogen (secondary N) is 1. The number of rotatable bonds is 5. The highest BCUT2D eigenvalue weighted by molar-refractivity contribution is 5.97. The standard InChI is InChI=1S/C13H19N3O2/c1-15-6-4-10-2-3-12-11(8-10)16(7-5-14)13(17)9-18-12/h2-3,8,15H,4-7,9,14H2,1H3. The number of amides is 1. The summed E-state index contributed by atoms with van der Waals surface area (Å²) in [6.07, 6.45) is 0.925. The molecule has 0 atom stereocenters. The maximum Gasteiger partial charge on any atom is 0.265 e. The van der Waals surface area contributed by atoms with Crippen molar-refractivity contribution in [3.05, 3.63) is 23.8 Å². The molecule has 1 aromatic carbocycles. The Labute approximate surface area is 107 Å². The smallest absolute Gasteiger partial charge is 0.265 e. The number of anilines is 1. The van der Waals surface area contributed by atoms with Crippen molar-refractivity contribution in [3.8, 4) is 5.75 Å². The highest BCUT2D eigenvalue weighted by Gasteiger charge is 2.24. The Morgan fingerprint density at radius 3 is 3.06 bits per heavy atom. The van der Waals surface area contributed by atoms with E-state index in [1.54, 1.807) is 4.90 Å². The Hall–Kier alpha value is -1.59. The molecule has 1 amide bonds. The van der Waals surface area contributed by atoms with Crippen LogP contribution < -0.4 is 20.7 Å². The molecule has 0 unspecified atom stereocenters. The second kappa shape index (κ2) is 5.84. The first kappa shape index (κ1) is 12.9. The van der Waals surface area contributed by atoms with Crippen LogP contribution in [0.4, 0.5) is 5.69 Å². The van der Waals surface area contributed by atoms with Gasteiger partial charge in [0.25, 0.3) is 5.91 Å². The molecule has 98 valence electrons. The lowest BCUT2D eigenvalue weighted by Crippen LogP contribution is -2.41. The lowest BCUT2D eigenvalue weighted by atomic mass is 10.1. The number of hydrogen-bond acceptors (Lipinski definition) is 4. The van der Waals surface area contributed by atoms with Gasteiger partial charge in [-0.05, 0) is 37.7 Å². The number of likely N-dealkylation sites (N-methyl/N-ethyl adjacent to an activating group) is 1. The highest BCUT2D eigenvalue weighted by Crippen LogP contribution is 2.32. The quantitative estimate of drug-likeness (QED) is 0.778. The average molecular weight is 249 g/mol. The second-order valence-corrected chi connectivity index (χ2v) is 4.28. The first-order valence-electron chi connectivity index (χ1n) is 6.17. The molecular formula is C13H19N3O2. The molecule has 0 saturated carbocycles. The first-order valence-corrected chi connectivity index (χ1v) is 6.17. The zero-order valence-corrected chi connectivity index (χ0v) is 10.6. The van der Waals surface area contributed by atoms with E-state index in [0.717, 1.165) is 24.4 Å². The Kier molecular flexibility index (Phi) is 4.17. The van der Waals surface area contributed by atoms with Crippen LogP contribution in [0.3, 0.4) is 0 Å². The van der Waals surface area contributed by atoms with Crippen molar-refractivity contribution >= 4 is 11.6 Å². The summed E-state index contributed by atoms with van der Waals surface area (Å²) in [6.45, 7) is 1.99. The van der Waals surface area contributed by atoms with Gasteiger partial charge < -0.3 is 20.7 Å². The molecule has 0 spiro atoms. The zero-order chi connectivity index (χ0) is 13.0. The fraction of sp³-hybridized carbons (Fsp3) is 0.462. The molecule has 5 nitrogen and oxygen atoms in total. The van der Waals surface area contributed by atoms with E-state index in [1.165, 1.54) is 5.56 Å². The summed E-state index contributed by atoms with van der Waals surface area (Å²) in [6, 6.07) is 5.97. The molecule has 1 aromatic rings. The summed E-state index contributed by atoms with van der Waals surface area (Å²) >= 11 is 0. The number of carbonyl (C=O) groups excluding carboxylic acids is 1. The zero-order valence-electron chi connectivity index (χ0n) is 10.6. The molecule has 18 heavy (non-hydrogen) atoms. The van der Waals surface area contributed by atoms with Gasteiger partial charge in [-0.2, -0.15) is 0 Å². The van der Waals surface area contributed by atoms with Crippen LogP contribution in [-0.2, 0) is 11.2 Å². The van der Waals surface area contributed by atoms with Crippen LogP contribution in [-0.4, -0.2) is 39.2 Å². The number of hydrogen-bond donors (Lipinski definition) is 2. The van der Waals surface area contributed by atoms with Crippen LogP contribution in [0, 0.1) is 0 Å². The van der Waals surface area contributed by atoms with Crippen molar-refractivity contribution in [1.29, 1.82) is 0 Å². The lowest BCUT2D eigenvalue weighted by molar-refractivity contribution is -0.121. The molecule has 0 aliphatic carbocycles. The summed E-state index contributed by atoms with van der Waals surface area (Å²) < 4.78 is 5.42. The predicted octanol–water partition coefficient (Wildman–Crippen LogP) is 0.133. The number of benzene rings is 1. The molecule has 0 fully saturated rings. The largest absolute Gasteiger partial charge is 0.482 e. The van der Waals surface area contributed by atoms with Crippen molar-refractivity contribution in [2.24, 2.45) is 5.73 Å². The van der Waals surface area contributed by atoms with Gasteiger partial charge in [-0.25, -0.2) is 0 Å². The van der Waals surface area contributed by atoms with E-state index in [4.69, 9.17) is 10.5 Å². The van der Waals surface area contributed by atoms with E-state index < -0.39 is 0 Å². The third kappa shape index (κ3) is 2.63. The average Bonchev–Trinajstić information content (AvgIpc) is 2.39. The van der Waals surface area contributed by atoms with Crippen LogP contribution in [0.2, 0.25) is 0 Å². The van der Waals surface area contributed by atoms with Gasteiger partial charge in [0.15, 0.2) is 6.61 Å². The lowest BCUT2D eigenvalue weighted by Gasteiger charge is -2.29. The van der Waals surface area contributed by atoms with E-state index in [0.29, 0.717) is 13.1 Å². The minimum absolute atomic E-state index is 0.0290. The van der Waals surface area contributed by atoms with Crippen LogP contribution in [0.25, 0.3) is 0 Å². The number of carbonyl (C=O) groups is 1. The summed E-state index contributed by atoms with van der Waals surface area (Å²) in [5.41, 5.74) is 7.57. The second-order valence-electron chi connectivity index (χ2n) is 4.28. The minimum atomic E-state index is -0.0290. The molecule has 1 aliphatic heterocycles. The Bertz CT molecular complexity index is 434. The molecule has 1 heterocycles. The maximum absolute atomic E-state index is 11.8. The number of fused-ring (bicyclic) bond motifs is 1. The van der Waals surface area contributed by atoms with Gasteiger partial charge in [0.1, 0.15) is 5.75 Å². The molecule has 0 saturated heterocycles. The number of ether oxygens (including phenoxy) is 1. The highest BCUT2D eigenvalue weighted by atomic mass is 16.5. The SMILES string of the molecule is CNCCc1ccc2c(c1)N(CCN)C(=O)CO2. The predicted molar refractivity (Wildman–Crippen MR) is 71.0 cm³/mol. The van der Waals surface area contributed by atoms with E-state index in [1.807, 2.05) is 25.2 Å². The van der Waals surface area contributed by atoms with Crippen LogP contribution in [0.5, 0.6) is 5.75 Å². The monoisotopic (exact) mass is 249 g/mol. The number of nitrogens with two attached hydrogens (primary N) is 1. The molecule has 2 rings (SSSR count). The van der Waals surface area contributed by atoms with Gasteiger partial charge in [0.2, 0.25) is 0 Å².